The lowest BCUT2D eigenvalue weighted by Crippen LogP contribution is -2.07. The molecule has 0 aliphatic heterocycles. The molecule has 0 bridgehead atoms. The molecule has 0 atom stereocenters. The molecule has 1 rings (SSSR count). The zero-order valence-corrected chi connectivity index (χ0v) is 7.93. The summed E-state index contributed by atoms with van der Waals surface area (Å²) < 4.78 is 0. The maximum absolute atomic E-state index is 5.50. The van der Waals surface area contributed by atoms with Gasteiger partial charge >= 0.3 is 0 Å². The van der Waals surface area contributed by atoms with Gasteiger partial charge in [-0.1, -0.05) is 24.0 Å². The third-order valence-corrected chi connectivity index (χ3v) is 1.71. The summed E-state index contributed by atoms with van der Waals surface area (Å²) in [4.78, 5) is 0. The van der Waals surface area contributed by atoms with Gasteiger partial charge in [-0.15, -0.1) is 11.6 Å². The molecule has 1 aromatic carbocycles. The van der Waals surface area contributed by atoms with Gasteiger partial charge < -0.3 is 5.43 Å². The van der Waals surface area contributed by atoms with Gasteiger partial charge in [0.15, 0.2) is 0 Å². The number of nitrogen functional groups attached to an aromatic ring is 1. The molecule has 13 heavy (non-hydrogen) atoms. The highest BCUT2D eigenvalue weighted by atomic mass is 35.5. The van der Waals surface area contributed by atoms with E-state index in [9.17, 15) is 0 Å². The number of hydrazine groups is 1. The Hall–Kier alpha value is -1.17. The fourth-order valence-electron chi connectivity index (χ4n) is 0.923. The molecule has 0 heterocycles. The quantitative estimate of drug-likeness (QED) is 0.327. The van der Waals surface area contributed by atoms with E-state index in [1.54, 1.807) is 0 Å². The van der Waals surface area contributed by atoms with Crippen LogP contribution in [0.25, 0.3) is 0 Å². The molecule has 0 saturated carbocycles. The van der Waals surface area contributed by atoms with E-state index in [-0.39, 0.29) is 0 Å². The van der Waals surface area contributed by atoms with Crippen molar-refractivity contribution < 1.29 is 0 Å². The molecule has 0 amide bonds. The molecule has 2 nitrogen and oxygen atoms in total. The second kappa shape index (κ2) is 5.47. The summed E-state index contributed by atoms with van der Waals surface area (Å²) in [6, 6.07) is 7.62. The summed E-state index contributed by atoms with van der Waals surface area (Å²) in [5.41, 5.74) is 4.32. The highest BCUT2D eigenvalue weighted by molar-refractivity contribution is 6.18. The number of hydrogen-bond acceptors (Lipinski definition) is 2. The third kappa shape index (κ3) is 2.98. The van der Waals surface area contributed by atoms with Crippen molar-refractivity contribution in [3.8, 4) is 11.8 Å². The van der Waals surface area contributed by atoms with Crippen LogP contribution in [0.2, 0.25) is 0 Å². The van der Waals surface area contributed by atoms with Crippen LogP contribution in [0.1, 0.15) is 12.0 Å². The maximum Gasteiger partial charge on any atom is 0.0641 e. The zero-order chi connectivity index (χ0) is 9.52. The largest absolute Gasteiger partial charge is 0.323 e. The van der Waals surface area contributed by atoms with Gasteiger partial charge in [-0.25, -0.2) is 0 Å². The van der Waals surface area contributed by atoms with Gasteiger partial charge in [-0.2, -0.15) is 0 Å². The fourth-order valence-corrected chi connectivity index (χ4v) is 1.02. The molecule has 0 fully saturated rings. The Morgan fingerprint density at radius 3 is 2.85 bits per heavy atom. The maximum atomic E-state index is 5.50. The molecule has 3 heteroatoms. The lowest BCUT2D eigenvalue weighted by atomic mass is 10.2. The highest BCUT2D eigenvalue weighted by Crippen LogP contribution is 2.11. The molecule has 0 radical (unpaired) electrons. The number of nitrogens with two attached hydrogens (primary N) is 1. The minimum Gasteiger partial charge on any atom is -0.323 e. The second-order valence-corrected chi connectivity index (χ2v) is 2.81. The SMILES string of the molecule is NNc1ccccc1C#CCCCl. The van der Waals surface area contributed by atoms with Crippen LogP contribution in [0.5, 0.6) is 0 Å². The first-order valence-electron chi connectivity index (χ1n) is 3.99. The van der Waals surface area contributed by atoms with E-state index in [0.29, 0.717) is 12.3 Å². The number of rotatable bonds is 2. The van der Waals surface area contributed by atoms with E-state index in [0.717, 1.165) is 11.3 Å². The van der Waals surface area contributed by atoms with Gasteiger partial charge in [0.25, 0.3) is 0 Å². The van der Waals surface area contributed by atoms with Crippen molar-refractivity contribution in [2.45, 2.75) is 6.42 Å². The van der Waals surface area contributed by atoms with Crippen LogP contribution < -0.4 is 11.3 Å². The number of anilines is 1. The Morgan fingerprint density at radius 2 is 2.15 bits per heavy atom. The molecule has 0 aliphatic carbocycles. The van der Waals surface area contributed by atoms with Gasteiger partial charge in [-0.05, 0) is 12.1 Å². The predicted octanol–water partition coefficient (Wildman–Crippen LogP) is 1.95. The predicted molar refractivity (Wildman–Crippen MR) is 56.5 cm³/mol. The van der Waals surface area contributed by atoms with Crippen LogP contribution in [0.3, 0.4) is 0 Å². The summed E-state index contributed by atoms with van der Waals surface area (Å²) in [7, 11) is 0. The van der Waals surface area contributed by atoms with Crippen LogP contribution >= 0.6 is 11.6 Å². The first-order valence-corrected chi connectivity index (χ1v) is 4.52. The Bertz CT molecular complexity index is 325. The summed E-state index contributed by atoms with van der Waals surface area (Å²) in [5.74, 6) is 11.8. The molecule has 0 saturated heterocycles. The van der Waals surface area contributed by atoms with Gasteiger partial charge in [0.1, 0.15) is 0 Å². The van der Waals surface area contributed by atoms with Crippen molar-refractivity contribution in [3.63, 3.8) is 0 Å². The third-order valence-electron chi connectivity index (χ3n) is 1.53. The number of alkyl halides is 1. The number of para-hydroxylation sites is 1. The van der Waals surface area contributed by atoms with Gasteiger partial charge in [0.2, 0.25) is 0 Å². The van der Waals surface area contributed by atoms with Crippen LogP contribution in [0.4, 0.5) is 5.69 Å². The van der Waals surface area contributed by atoms with Gasteiger partial charge in [0.05, 0.1) is 5.69 Å². The first kappa shape index (κ1) is 9.91. The van der Waals surface area contributed by atoms with E-state index in [2.05, 4.69) is 17.3 Å². The van der Waals surface area contributed by atoms with Crippen molar-refractivity contribution in [3.05, 3.63) is 29.8 Å². The van der Waals surface area contributed by atoms with Crippen molar-refractivity contribution in [1.29, 1.82) is 0 Å². The van der Waals surface area contributed by atoms with E-state index >= 15 is 0 Å². The number of nitrogens with one attached hydrogen (secondary N) is 1. The number of halogens is 1. The van der Waals surface area contributed by atoms with Crippen LogP contribution in [0.15, 0.2) is 24.3 Å². The summed E-state index contributed by atoms with van der Waals surface area (Å²) in [6.45, 7) is 0. The second-order valence-electron chi connectivity index (χ2n) is 2.43. The smallest absolute Gasteiger partial charge is 0.0641 e. The highest BCUT2D eigenvalue weighted by Gasteiger charge is 1.93. The molecule has 0 aromatic heterocycles. The van der Waals surface area contributed by atoms with Crippen molar-refractivity contribution in [2.75, 3.05) is 11.3 Å². The standard InChI is InChI=1S/C10H11ClN2/c11-8-4-3-6-9-5-1-2-7-10(9)13-12/h1-2,5,7,13H,4,8,12H2. The van der Waals surface area contributed by atoms with Crippen LogP contribution in [-0.4, -0.2) is 5.88 Å². The lowest BCUT2D eigenvalue weighted by Gasteiger charge is -2.00. The van der Waals surface area contributed by atoms with Crippen molar-refractivity contribution in [1.82, 2.24) is 0 Å². The number of benzene rings is 1. The average molecular weight is 195 g/mol. The Morgan fingerprint density at radius 1 is 1.38 bits per heavy atom. The molecule has 0 aliphatic rings. The van der Waals surface area contributed by atoms with Gasteiger partial charge in [0, 0.05) is 17.9 Å². The van der Waals surface area contributed by atoms with Crippen LogP contribution in [-0.2, 0) is 0 Å². The topological polar surface area (TPSA) is 38.0 Å². The van der Waals surface area contributed by atoms with E-state index in [1.165, 1.54) is 0 Å². The summed E-state index contributed by atoms with van der Waals surface area (Å²) >= 11 is 5.50. The Kier molecular flexibility index (Phi) is 4.17. The molecule has 3 N–H and O–H groups in total. The average Bonchev–Trinajstić information content (AvgIpc) is 2.19. The minimum absolute atomic E-state index is 0.561. The Labute approximate surface area is 83.1 Å². The first-order chi connectivity index (χ1) is 6.38. The number of hydrogen-bond donors (Lipinski definition) is 2. The Balaban J connectivity index is 2.82. The fraction of sp³-hybridized carbons (Fsp3) is 0.200. The minimum atomic E-state index is 0.561. The van der Waals surface area contributed by atoms with Gasteiger partial charge in [-0.3, -0.25) is 5.84 Å². The normalized spacial score (nSPS) is 8.77. The van der Waals surface area contributed by atoms with Crippen molar-refractivity contribution in [2.24, 2.45) is 5.84 Å². The summed E-state index contributed by atoms with van der Waals surface area (Å²) in [5, 5.41) is 0. The van der Waals surface area contributed by atoms with E-state index in [1.807, 2.05) is 24.3 Å². The molecule has 0 spiro atoms. The molecular weight excluding hydrogens is 184 g/mol. The summed E-state index contributed by atoms with van der Waals surface area (Å²) in [6.07, 6.45) is 0.695. The zero-order valence-electron chi connectivity index (χ0n) is 7.18. The van der Waals surface area contributed by atoms with Crippen LogP contribution in [0, 0.1) is 11.8 Å². The van der Waals surface area contributed by atoms with E-state index in [4.69, 9.17) is 17.4 Å². The molecular formula is C10H11ClN2. The lowest BCUT2D eigenvalue weighted by molar-refractivity contribution is 1.29. The monoisotopic (exact) mass is 194 g/mol. The molecule has 1 aromatic rings. The van der Waals surface area contributed by atoms with E-state index < -0.39 is 0 Å². The molecule has 68 valence electrons. The van der Waals surface area contributed by atoms with Crippen molar-refractivity contribution >= 4 is 17.3 Å². The molecule has 0 unspecified atom stereocenters.